The molecular weight excluding hydrogens is 286 g/mol. The van der Waals surface area contributed by atoms with E-state index in [0.717, 1.165) is 33.3 Å². The summed E-state index contributed by atoms with van der Waals surface area (Å²) in [6.07, 6.45) is 0. The minimum Gasteiger partial charge on any atom is -0.420 e. The molecule has 0 aliphatic heterocycles. The zero-order valence-electron chi connectivity index (χ0n) is 12.9. The summed E-state index contributed by atoms with van der Waals surface area (Å²) in [5.74, 6) is 0.984. The molecule has 0 unspecified atom stereocenters. The number of benzene rings is 2. The van der Waals surface area contributed by atoms with Crippen LogP contribution in [0.5, 0.6) is 0 Å². The summed E-state index contributed by atoms with van der Waals surface area (Å²) in [7, 11) is 0. The molecule has 4 rings (SSSR count). The van der Waals surface area contributed by atoms with Gasteiger partial charge < -0.3 is 4.42 Å². The highest BCUT2D eigenvalue weighted by molar-refractivity contribution is 5.91. The van der Waals surface area contributed by atoms with Crippen molar-refractivity contribution in [1.29, 1.82) is 0 Å². The number of aromatic nitrogens is 3. The molecule has 0 fully saturated rings. The van der Waals surface area contributed by atoms with Crippen LogP contribution in [0.3, 0.4) is 0 Å². The number of hydrogen-bond donors (Lipinski definition) is 0. The summed E-state index contributed by atoms with van der Waals surface area (Å²) >= 11 is 0. The SMILES string of the molecule is Cc1nnc(-c2nc3c(C)cccc3cc2-c2ccccc2)o1. The number of nitrogens with zero attached hydrogens (tertiary/aromatic N) is 3. The van der Waals surface area contributed by atoms with Gasteiger partial charge in [-0.3, -0.25) is 0 Å². The van der Waals surface area contributed by atoms with Gasteiger partial charge in [-0.25, -0.2) is 4.98 Å². The fourth-order valence-corrected chi connectivity index (χ4v) is 2.74. The normalized spacial score (nSPS) is 11.0. The van der Waals surface area contributed by atoms with E-state index in [0.29, 0.717) is 11.8 Å². The first-order valence-electron chi connectivity index (χ1n) is 7.48. The van der Waals surface area contributed by atoms with Crippen molar-refractivity contribution in [2.45, 2.75) is 13.8 Å². The molecule has 0 aliphatic rings. The molecule has 2 aromatic carbocycles. The first kappa shape index (κ1) is 13.6. The van der Waals surface area contributed by atoms with Crippen LogP contribution < -0.4 is 0 Å². The number of aryl methyl sites for hydroxylation is 2. The van der Waals surface area contributed by atoms with E-state index >= 15 is 0 Å². The monoisotopic (exact) mass is 301 g/mol. The van der Waals surface area contributed by atoms with Gasteiger partial charge in [0, 0.05) is 17.9 Å². The number of rotatable bonds is 2. The first-order valence-corrected chi connectivity index (χ1v) is 7.48. The summed E-state index contributed by atoms with van der Waals surface area (Å²) in [5, 5.41) is 9.20. The van der Waals surface area contributed by atoms with Gasteiger partial charge in [0.05, 0.1) is 5.52 Å². The molecule has 0 aliphatic carbocycles. The summed E-state index contributed by atoms with van der Waals surface area (Å²) in [6, 6.07) is 18.5. The zero-order valence-corrected chi connectivity index (χ0v) is 12.9. The Balaban J connectivity index is 2.06. The molecule has 2 heterocycles. The second kappa shape index (κ2) is 5.32. The minimum absolute atomic E-state index is 0.450. The molecule has 2 aromatic heterocycles. The van der Waals surface area contributed by atoms with E-state index in [2.05, 4.69) is 47.5 Å². The fourth-order valence-electron chi connectivity index (χ4n) is 2.74. The third-order valence-corrected chi connectivity index (χ3v) is 3.86. The van der Waals surface area contributed by atoms with Gasteiger partial charge >= 0.3 is 0 Å². The third-order valence-electron chi connectivity index (χ3n) is 3.86. The molecule has 4 aromatic rings. The Bertz CT molecular complexity index is 990. The van der Waals surface area contributed by atoms with Crippen molar-refractivity contribution >= 4 is 10.9 Å². The van der Waals surface area contributed by atoms with Crippen LogP contribution in [0, 0.1) is 13.8 Å². The highest BCUT2D eigenvalue weighted by Gasteiger charge is 2.16. The van der Waals surface area contributed by atoms with E-state index in [1.807, 2.05) is 24.3 Å². The van der Waals surface area contributed by atoms with Crippen molar-refractivity contribution in [3.63, 3.8) is 0 Å². The molecule has 4 heteroatoms. The number of para-hydroxylation sites is 1. The molecule has 0 radical (unpaired) electrons. The average molecular weight is 301 g/mol. The Morgan fingerprint density at radius 1 is 0.870 bits per heavy atom. The predicted molar refractivity (Wildman–Crippen MR) is 89.9 cm³/mol. The van der Waals surface area contributed by atoms with Gasteiger partial charge in [-0.1, -0.05) is 48.5 Å². The second-order valence-electron chi connectivity index (χ2n) is 5.52. The quantitative estimate of drug-likeness (QED) is 0.544. The van der Waals surface area contributed by atoms with Crippen LogP contribution in [-0.4, -0.2) is 15.2 Å². The van der Waals surface area contributed by atoms with Crippen molar-refractivity contribution in [2.24, 2.45) is 0 Å². The number of fused-ring (bicyclic) bond motifs is 1. The Morgan fingerprint density at radius 3 is 2.43 bits per heavy atom. The molecule has 0 N–H and O–H groups in total. The summed E-state index contributed by atoms with van der Waals surface area (Å²) in [5.41, 5.74) is 4.87. The van der Waals surface area contributed by atoms with Gasteiger partial charge in [0.2, 0.25) is 5.89 Å². The molecule has 0 saturated heterocycles. The Labute approximate surface area is 133 Å². The van der Waals surface area contributed by atoms with Gasteiger partial charge in [-0.15, -0.1) is 10.2 Å². The Hall–Kier alpha value is -3.01. The van der Waals surface area contributed by atoms with E-state index in [4.69, 9.17) is 9.40 Å². The number of pyridine rings is 1. The Morgan fingerprint density at radius 2 is 1.70 bits per heavy atom. The van der Waals surface area contributed by atoms with Gasteiger partial charge in [0.15, 0.2) is 0 Å². The van der Waals surface area contributed by atoms with E-state index in [-0.39, 0.29) is 0 Å². The van der Waals surface area contributed by atoms with Crippen LogP contribution in [0.2, 0.25) is 0 Å². The van der Waals surface area contributed by atoms with Crippen molar-refractivity contribution in [3.05, 3.63) is 66.1 Å². The first-order chi connectivity index (χ1) is 11.2. The van der Waals surface area contributed by atoms with Crippen molar-refractivity contribution in [1.82, 2.24) is 15.2 Å². The van der Waals surface area contributed by atoms with Crippen LogP contribution in [0.1, 0.15) is 11.5 Å². The number of hydrogen-bond acceptors (Lipinski definition) is 4. The van der Waals surface area contributed by atoms with Gasteiger partial charge in [-0.2, -0.15) is 0 Å². The average Bonchev–Trinajstić information content (AvgIpc) is 3.01. The lowest BCUT2D eigenvalue weighted by Crippen LogP contribution is -1.93. The summed E-state index contributed by atoms with van der Waals surface area (Å²) in [6.45, 7) is 3.84. The van der Waals surface area contributed by atoms with Crippen LogP contribution in [-0.2, 0) is 0 Å². The lowest BCUT2D eigenvalue weighted by atomic mass is 10.00. The summed E-state index contributed by atoms with van der Waals surface area (Å²) in [4.78, 5) is 4.84. The highest BCUT2D eigenvalue weighted by Crippen LogP contribution is 2.33. The van der Waals surface area contributed by atoms with Crippen LogP contribution in [0.4, 0.5) is 0 Å². The standard InChI is InChI=1S/C19H15N3O/c1-12-7-6-10-15-11-16(14-8-4-3-5-9-14)18(20-17(12)15)19-22-21-13(2)23-19/h3-11H,1-2H3. The largest absolute Gasteiger partial charge is 0.420 e. The van der Waals surface area contributed by atoms with Gasteiger partial charge in [0.25, 0.3) is 5.89 Å². The Kier molecular flexibility index (Phi) is 3.15. The third kappa shape index (κ3) is 2.38. The molecule has 0 bridgehead atoms. The fraction of sp³-hybridized carbons (Fsp3) is 0.105. The van der Waals surface area contributed by atoms with Crippen molar-refractivity contribution in [3.8, 4) is 22.7 Å². The maximum atomic E-state index is 5.64. The second-order valence-corrected chi connectivity index (χ2v) is 5.52. The lowest BCUT2D eigenvalue weighted by Gasteiger charge is -2.10. The van der Waals surface area contributed by atoms with E-state index in [1.54, 1.807) is 6.92 Å². The van der Waals surface area contributed by atoms with Crippen molar-refractivity contribution < 1.29 is 4.42 Å². The molecule has 112 valence electrons. The van der Waals surface area contributed by atoms with E-state index in [9.17, 15) is 0 Å². The van der Waals surface area contributed by atoms with Crippen LogP contribution >= 0.6 is 0 Å². The topological polar surface area (TPSA) is 51.8 Å². The molecule has 0 spiro atoms. The molecule has 23 heavy (non-hydrogen) atoms. The highest BCUT2D eigenvalue weighted by atomic mass is 16.4. The molecule has 0 saturated carbocycles. The molecule has 4 nitrogen and oxygen atoms in total. The van der Waals surface area contributed by atoms with Crippen molar-refractivity contribution in [2.75, 3.05) is 0 Å². The van der Waals surface area contributed by atoms with Gasteiger partial charge in [-0.05, 0) is 24.1 Å². The zero-order chi connectivity index (χ0) is 15.8. The smallest absolute Gasteiger partial charge is 0.266 e. The molecule has 0 amide bonds. The van der Waals surface area contributed by atoms with E-state index < -0.39 is 0 Å². The van der Waals surface area contributed by atoms with Crippen LogP contribution in [0.25, 0.3) is 33.6 Å². The maximum Gasteiger partial charge on any atom is 0.266 e. The molecular formula is C19H15N3O. The minimum atomic E-state index is 0.450. The lowest BCUT2D eigenvalue weighted by molar-refractivity contribution is 0.531. The van der Waals surface area contributed by atoms with Gasteiger partial charge in [0.1, 0.15) is 5.69 Å². The summed E-state index contributed by atoms with van der Waals surface area (Å²) < 4.78 is 5.64. The van der Waals surface area contributed by atoms with E-state index in [1.165, 1.54) is 0 Å². The van der Waals surface area contributed by atoms with Crippen LogP contribution in [0.15, 0.2) is 59.0 Å². The predicted octanol–water partition coefficient (Wildman–Crippen LogP) is 4.57. The molecule has 0 atom stereocenters. The maximum absolute atomic E-state index is 5.64.